The van der Waals surface area contributed by atoms with E-state index in [0.717, 1.165) is 24.4 Å². The van der Waals surface area contributed by atoms with Crippen LogP contribution in [0.3, 0.4) is 0 Å². The molecule has 0 spiro atoms. The molecule has 1 N–H and O–H groups in total. The highest BCUT2D eigenvalue weighted by molar-refractivity contribution is 5.56. The molecular weight excluding hydrogens is 268 g/mol. The lowest BCUT2D eigenvalue weighted by molar-refractivity contribution is -0.384. The molecule has 1 aliphatic rings. The molecule has 0 bridgehead atoms. The van der Waals surface area contributed by atoms with Gasteiger partial charge in [0, 0.05) is 23.9 Å². The molecule has 1 fully saturated rings. The number of nitro groups is 1. The van der Waals surface area contributed by atoms with E-state index in [1.54, 1.807) is 6.07 Å². The van der Waals surface area contributed by atoms with Crippen LogP contribution in [0.5, 0.6) is 5.75 Å². The van der Waals surface area contributed by atoms with Gasteiger partial charge in [-0.25, -0.2) is 0 Å². The van der Waals surface area contributed by atoms with Crippen LogP contribution in [0, 0.1) is 22.0 Å². The maximum absolute atomic E-state index is 11.0. The summed E-state index contributed by atoms with van der Waals surface area (Å²) >= 11 is 0. The van der Waals surface area contributed by atoms with Crippen molar-refractivity contribution in [1.82, 2.24) is 0 Å². The van der Waals surface area contributed by atoms with Gasteiger partial charge in [0.2, 0.25) is 0 Å². The third-order valence-electron chi connectivity index (χ3n) is 4.38. The molecular formula is C16H24N2O3. The minimum Gasteiger partial charge on any atom is -0.494 e. The van der Waals surface area contributed by atoms with Crippen molar-refractivity contribution < 1.29 is 9.66 Å². The highest BCUT2D eigenvalue weighted by Gasteiger charge is 2.24. The fourth-order valence-corrected chi connectivity index (χ4v) is 2.94. The first-order chi connectivity index (χ1) is 9.99. The SMILES string of the molecule is CCOc1cc(NC2CCC(C)C(C)C2)cc([N+](=O)[O-])c1. The first-order valence-corrected chi connectivity index (χ1v) is 7.68. The largest absolute Gasteiger partial charge is 0.494 e. The summed E-state index contributed by atoms with van der Waals surface area (Å²) in [6.45, 7) is 6.94. The number of rotatable bonds is 5. The third kappa shape index (κ3) is 4.09. The fourth-order valence-electron chi connectivity index (χ4n) is 2.94. The molecule has 0 heterocycles. The van der Waals surface area contributed by atoms with Gasteiger partial charge in [-0.05, 0) is 38.0 Å². The van der Waals surface area contributed by atoms with Crippen molar-refractivity contribution in [3.8, 4) is 5.75 Å². The van der Waals surface area contributed by atoms with Crippen LogP contribution in [-0.4, -0.2) is 17.6 Å². The maximum Gasteiger partial charge on any atom is 0.275 e. The highest BCUT2D eigenvalue weighted by atomic mass is 16.6. The molecule has 1 aromatic rings. The van der Waals surface area contributed by atoms with Crippen LogP contribution >= 0.6 is 0 Å². The number of benzene rings is 1. The predicted molar refractivity (Wildman–Crippen MR) is 83.9 cm³/mol. The first kappa shape index (κ1) is 15.6. The summed E-state index contributed by atoms with van der Waals surface area (Å²) in [5, 5.41) is 14.5. The van der Waals surface area contributed by atoms with Crippen LogP contribution in [0.1, 0.15) is 40.0 Å². The van der Waals surface area contributed by atoms with E-state index in [1.807, 2.05) is 13.0 Å². The Bertz CT molecular complexity index is 504. The van der Waals surface area contributed by atoms with Crippen molar-refractivity contribution >= 4 is 11.4 Å². The molecule has 5 nitrogen and oxygen atoms in total. The lowest BCUT2D eigenvalue weighted by Gasteiger charge is -2.33. The zero-order chi connectivity index (χ0) is 15.4. The summed E-state index contributed by atoms with van der Waals surface area (Å²) in [5.74, 6) is 1.99. The van der Waals surface area contributed by atoms with Crippen LogP contribution in [0.25, 0.3) is 0 Å². The Labute approximate surface area is 125 Å². The molecule has 0 aliphatic heterocycles. The number of ether oxygens (including phenoxy) is 1. The normalized spacial score (nSPS) is 25.4. The Balaban J connectivity index is 2.13. The second-order valence-corrected chi connectivity index (χ2v) is 6.01. The second kappa shape index (κ2) is 6.78. The van der Waals surface area contributed by atoms with Gasteiger partial charge in [-0.3, -0.25) is 10.1 Å². The predicted octanol–water partition coefficient (Wildman–Crippen LogP) is 4.23. The quantitative estimate of drug-likeness (QED) is 0.651. The standard InChI is InChI=1S/C16H24N2O3/c1-4-21-16-9-14(8-15(10-16)18(19)20)17-13-6-5-11(2)12(3)7-13/h8-13,17H,4-7H2,1-3H3. The number of nitrogens with zero attached hydrogens (tertiary/aromatic N) is 1. The van der Waals surface area contributed by atoms with E-state index in [2.05, 4.69) is 19.2 Å². The molecule has 0 aromatic heterocycles. The summed E-state index contributed by atoms with van der Waals surface area (Å²) in [6.07, 6.45) is 3.41. The van der Waals surface area contributed by atoms with Gasteiger partial charge in [-0.1, -0.05) is 13.8 Å². The minimum absolute atomic E-state index is 0.0701. The number of hydrogen-bond donors (Lipinski definition) is 1. The van der Waals surface area contributed by atoms with Crippen LogP contribution in [-0.2, 0) is 0 Å². The van der Waals surface area contributed by atoms with E-state index in [1.165, 1.54) is 12.5 Å². The van der Waals surface area contributed by atoms with Crippen LogP contribution in [0.4, 0.5) is 11.4 Å². The van der Waals surface area contributed by atoms with Crippen molar-refractivity contribution in [2.24, 2.45) is 11.8 Å². The number of nitro benzene ring substituents is 1. The van der Waals surface area contributed by atoms with Crippen molar-refractivity contribution in [2.75, 3.05) is 11.9 Å². The monoisotopic (exact) mass is 292 g/mol. The van der Waals surface area contributed by atoms with Crippen molar-refractivity contribution in [2.45, 2.75) is 46.1 Å². The van der Waals surface area contributed by atoms with E-state index in [0.29, 0.717) is 24.3 Å². The molecule has 2 rings (SSSR count). The molecule has 3 atom stereocenters. The van der Waals surface area contributed by atoms with Crippen LogP contribution < -0.4 is 10.1 Å². The minimum atomic E-state index is -0.376. The first-order valence-electron chi connectivity index (χ1n) is 7.68. The number of hydrogen-bond acceptors (Lipinski definition) is 4. The zero-order valence-corrected chi connectivity index (χ0v) is 13.0. The highest BCUT2D eigenvalue weighted by Crippen LogP contribution is 2.33. The lowest BCUT2D eigenvalue weighted by atomic mass is 9.79. The second-order valence-electron chi connectivity index (χ2n) is 6.01. The summed E-state index contributed by atoms with van der Waals surface area (Å²) in [7, 11) is 0. The van der Waals surface area contributed by atoms with Gasteiger partial charge in [0.15, 0.2) is 0 Å². The topological polar surface area (TPSA) is 64.4 Å². The molecule has 1 saturated carbocycles. The summed E-state index contributed by atoms with van der Waals surface area (Å²) in [4.78, 5) is 10.6. The van der Waals surface area contributed by atoms with Crippen LogP contribution in [0.15, 0.2) is 18.2 Å². The van der Waals surface area contributed by atoms with Gasteiger partial charge < -0.3 is 10.1 Å². The molecule has 21 heavy (non-hydrogen) atoms. The van der Waals surface area contributed by atoms with E-state index >= 15 is 0 Å². The van der Waals surface area contributed by atoms with Gasteiger partial charge >= 0.3 is 0 Å². The van der Waals surface area contributed by atoms with Crippen molar-refractivity contribution in [3.63, 3.8) is 0 Å². The van der Waals surface area contributed by atoms with Gasteiger partial charge in [-0.15, -0.1) is 0 Å². The Morgan fingerprint density at radius 2 is 2.05 bits per heavy atom. The summed E-state index contributed by atoms with van der Waals surface area (Å²) in [6, 6.07) is 5.29. The van der Waals surface area contributed by atoms with Crippen molar-refractivity contribution in [1.29, 1.82) is 0 Å². The molecule has 0 amide bonds. The lowest BCUT2D eigenvalue weighted by Crippen LogP contribution is -2.30. The number of nitrogens with one attached hydrogen (secondary N) is 1. The molecule has 116 valence electrons. The molecule has 1 aromatic carbocycles. The van der Waals surface area contributed by atoms with E-state index in [4.69, 9.17) is 4.74 Å². The van der Waals surface area contributed by atoms with Gasteiger partial charge in [0.25, 0.3) is 5.69 Å². The molecule has 5 heteroatoms. The van der Waals surface area contributed by atoms with E-state index < -0.39 is 0 Å². The average molecular weight is 292 g/mol. The van der Waals surface area contributed by atoms with Crippen LogP contribution in [0.2, 0.25) is 0 Å². The smallest absolute Gasteiger partial charge is 0.275 e. The third-order valence-corrected chi connectivity index (χ3v) is 4.38. The zero-order valence-electron chi connectivity index (χ0n) is 13.0. The Morgan fingerprint density at radius 3 is 2.67 bits per heavy atom. The van der Waals surface area contributed by atoms with E-state index in [-0.39, 0.29) is 10.6 Å². The van der Waals surface area contributed by atoms with Crippen molar-refractivity contribution in [3.05, 3.63) is 28.3 Å². The van der Waals surface area contributed by atoms with Gasteiger partial charge in [0.05, 0.1) is 17.6 Å². The molecule has 1 aliphatic carbocycles. The summed E-state index contributed by atoms with van der Waals surface area (Å²) < 4.78 is 5.42. The number of non-ortho nitro benzene ring substituents is 1. The molecule has 0 saturated heterocycles. The molecule has 3 unspecified atom stereocenters. The Morgan fingerprint density at radius 1 is 1.29 bits per heavy atom. The number of anilines is 1. The summed E-state index contributed by atoms with van der Waals surface area (Å²) in [5.41, 5.74) is 0.847. The average Bonchev–Trinajstić information content (AvgIpc) is 2.43. The van der Waals surface area contributed by atoms with Gasteiger partial charge in [-0.2, -0.15) is 0 Å². The Kier molecular flexibility index (Phi) is 5.04. The molecule has 0 radical (unpaired) electrons. The van der Waals surface area contributed by atoms with E-state index in [9.17, 15) is 10.1 Å². The fraction of sp³-hybridized carbons (Fsp3) is 0.625. The Hall–Kier alpha value is -1.78. The maximum atomic E-state index is 11.0. The van der Waals surface area contributed by atoms with Gasteiger partial charge in [0.1, 0.15) is 5.75 Å².